The number of nitrogens with zero attached hydrogens (tertiary/aromatic N) is 1. The van der Waals surface area contributed by atoms with Crippen LogP contribution in [0.4, 0.5) is 16.2 Å². The van der Waals surface area contributed by atoms with Gasteiger partial charge in [-0.25, -0.2) is 4.90 Å². The summed E-state index contributed by atoms with van der Waals surface area (Å²) in [5, 5.41) is 2.87. The van der Waals surface area contributed by atoms with Crippen molar-refractivity contribution in [3.8, 4) is 11.5 Å². The molecule has 1 aliphatic heterocycles. The van der Waals surface area contributed by atoms with E-state index in [0.717, 1.165) is 16.7 Å². The Labute approximate surface area is 211 Å². The highest BCUT2D eigenvalue weighted by Crippen LogP contribution is 2.37. The van der Waals surface area contributed by atoms with Gasteiger partial charge in [0.1, 0.15) is 0 Å². The number of ether oxygens (including phenoxy) is 2. The molecular weight excluding hydrogens is 488 g/mol. The molecule has 0 bridgehead atoms. The maximum Gasteiger partial charge on any atom is 0.298 e. The standard InChI is InChI=1S/C26H21ClN2O5S/c1-2-33-22-13-17(14-23-25(31)29(26(32)35-23)20-9-4-3-5-10-20)11-12-21(22)34-16-24(30)28-19-8-6-7-18(27)15-19/h3-15H,2,16H2,1H3,(H,28,30)/b23-14-. The highest BCUT2D eigenvalue weighted by atomic mass is 35.5. The van der Waals surface area contributed by atoms with Gasteiger partial charge in [-0.3, -0.25) is 14.4 Å². The smallest absolute Gasteiger partial charge is 0.298 e. The zero-order valence-electron chi connectivity index (χ0n) is 18.7. The summed E-state index contributed by atoms with van der Waals surface area (Å²) in [5.41, 5.74) is 1.74. The van der Waals surface area contributed by atoms with Crippen LogP contribution in [0.25, 0.3) is 6.08 Å². The van der Waals surface area contributed by atoms with Gasteiger partial charge in [0, 0.05) is 10.7 Å². The quantitative estimate of drug-likeness (QED) is 0.376. The van der Waals surface area contributed by atoms with E-state index in [4.69, 9.17) is 21.1 Å². The highest BCUT2D eigenvalue weighted by Gasteiger charge is 2.36. The minimum atomic E-state index is -0.387. The number of hydrogen-bond acceptors (Lipinski definition) is 6. The summed E-state index contributed by atoms with van der Waals surface area (Å²) in [6.45, 7) is 1.97. The van der Waals surface area contributed by atoms with Crippen molar-refractivity contribution in [1.29, 1.82) is 0 Å². The van der Waals surface area contributed by atoms with Crippen LogP contribution in [0, 0.1) is 0 Å². The van der Waals surface area contributed by atoms with E-state index in [0.29, 0.717) is 45.0 Å². The fourth-order valence-corrected chi connectivity index (χ4v) is 4.36. The molecular formula is C26H21ClN2O5S. The van der Waals surface area contributed by atoms with Crippen molar-refractivity contribution >= 4 is 57.9 Å². The Kier molecular flexibility index (Phi) is 7.74. The zero-order valence-corrected chi connectivity index (χ0v) is 20.3. The molecule has 0 saturated carbocycles. The molecule has 178 valence electrons. The average molecular weight is 509 g/mol. The van der Waals surface area contributed by atoms with Gasteiger partial charge in [0.15, 0.2) is 18.1 Å². The number of nitrogens with one attached hydrogen (secondary N) is 1. The van der Waals surface area contributed by atoms with Crippen molar-refractivity contribution in [1.82, 2.24) is 0 Å². The molecule has 7 nitrogen and oxygen atoms in total. The summed E-state index contributed by atoms with van der Waals surface area (Å²) in [4.78, 5) is 39.0. The third-order valence-electron chi connectivity index (χ3n) is 4.84. The number of imide groups is 1. The van der Waals surface area contributed by atoms with E-state index in [9.17, 15) is 14.4 Å². The number of hydrogen-bond donors (Lipinski definition) is 1. The van der Waals surface area contributed by atoms with E-state index < -0.39 is 0 Å². The molecule has 1 fully saturated rings. The van der Waals surface area contributed by atoms with E-state index in [1.807, 2.05) is 13.0 Å². The van der Waals surface area contributed by atoms with E-state index in [1.54, 1.807) is 72.8 Å². The molecule has 4 rings (SSSR count). The fourth-order valence-electron chi connectivity index (χ4n) is 3.33. The van der Waals surface area contributed by atoms with Crippen LogP contribution in [0.3, 0.4) is 0 Å². The van der Waals surface area contributed by atoms with Gasteiger partial charge in [0.2, 0.25) is 0 Å². The van der Waals surface area contributed by atoms with Crippen LogP contribution in [0.2, 0.25) is 5.02 Å². The molecule has 0 unspecified atom stereocenters. The molecule has 3 aromatic rings. The number of benzene rings is 3. The lowest BCUT2D eigenvalue weighted by Crippen LogP contribution is -2.27. The molecule has 0 aliphatic carbocycles. The minimum absolute atomic E-state index is 0.234. The first-order valence-corrected chi connectivity index (χ1v) is 11.9. The van der Waals surface area contributed by atoms with E-state index in [2.05, 4.69) is 5.32 Å². The number of amides is 3. The summed E-state index contributed by atoms with van der Waals surface area (Å²) in [6.07, 6.45) is 1.63. The van der Waals surface area contributed by atoms with Crippen molar-refractivity contribution in [2.24, 2.45) is 0 Å². The van der Waals surface area contributed by atoms with Crippen LogP contribution in [0.1, 0.15) is 12.5 Å². The van der Waals surface area contributed by atoms with Gasteiger partial charge in [-0.1, -0.05) is 41.9 Å². The third kappa shape index (κ3) is 6.03. The number of halogens is 1. The Hall–Kier alpha value is -3.75. The van der Waals surface area contributed by atoms with E-state index >= 15 is 0 Å². The summed E-state index contributed by atoms with van der Waals surface area (Å²) in [5.74, 6) is 0.0530. The molecule has 35 heavy (non-hydrogen) atoms. The summed E-state index contributed by atoms with van der Waals surface area (Å²) in [6, 6.07) is 20.7. The molecule has 3 aromatic carbocycles. The van der Waals surface area contributed by atoms with Gasteiger partial charge in [-0.2, -0.15) is 0 Å². The van der Waals surface area contributed by atoms with Gasteiger partial charge < -0.3 is 14.8 Å². The largest absolute Gasteiger partial charge is 0.490 e. The highest BCUT2D eigenvalue weighted by molar-refractivity contribution is 8.19. The van der Waals surface area contributed by atoms with Crippen LogP contribution in [0.5, 0.6) is 11.5 Å². The second-order valence-electron chi connectivity index (χ2n) is 7.34. The Morgan fingerprint density at radius 2 is 1.80 bits per heavy atom. The molecule has 0 radical (unpaired) electrons. The molecule has 0 spiro atoms. The number of thioether (sulfide) groups is 1. The summed E-state index contributed by atoms with van der Waals surface area (Å²) < 4.78 is 11.3. The van der Waals surface area contributed by atoms with Crippen LogP contribution < -0.4 is 19.7 Å². The van der Waals surface area contributed by atoms with E-state index in [1.165, 1.54) is 0 Å². The normalized spacial score (nSPS) is 14.3. The molecule has 1 saturated heterocycles. The second kappa shape index (κ2) is 11.1. The first-order valence-electron chi connectivity index (χ1n) is 10.7. The van der Waals surface area contributed by atoms with Crippen molar-refractivity contribution in [3.63, 3.8) is 0 Å². The van der Waals surface area contributed by atoms with Crippen LogP contribution >= 0.6 is 23.4 Å². The van der Waals surface area contributed by atoms with Gasteiger partial charge in [-0.15, -0.1) is 0 Å². The predicted octanol–water partition coefficient (Wildman–Crippen LogP) is 6.00. The van der Waals surface area contributed by atoms with Crippen molar-refractivity contribution in [2.45, 2.75) is 6.92 Å². The lowest BCUT2D eigenvalue weighted by Gasteiger charge is -2.13. The van der Waals surface area contributed by atoms with Crippen molar-refractivity contribution in [3.05, 3.63) is 88.3 Å². The van der Waals surface area contributed by atoms with Crippen LogP contribution in [0.15, 0.2) is 77.7 Å². The van der Waals surface area contributed by atoms with Crippen LogP contribution in [-0.2, 0) is 9.59 Å². The third-order valence-corrected chi connectivity index (χ3v) is 5.95. The Morgan fingerprint density at radius 3 is 2.54 bits per heavy atom. The maximum atomic E-state index is 12.9. The summed E-state index contributed by atoms with van der Waals surface area (Å²) >= 11 is 6.82. The summed E-state index contributed by atoms with van der Waals surface area (Å²) in [7, 11) is 0. The topological polar surface area (TPSA) is 84.9 Å². The zero-order chi connectivity index (χ0) is 24.8. The molecule has 9 heteroatoms. The minimum Gasteiger partial charge on any atom is -0.490 e. The lowest BCUT2D eigenvalue weighted by atomic mass is 10.1. The fraction of sp³-hybridized carbons (Fsp3) is 0.115. The Morgan fingerprint density at radius 1 is 1.00 bits per heavy atom. The number of rotatable bonds is 8. The molecule has 1 heterocycles. The van der Waals surface area contributed by atoms with Gasteiger partial charge >= 0.3 is 0 Å². The number of carbonyl (C=O) groups is 3. The Balaban J connectivity index is 1.47. The Bertz CT molecular complexity index is 1300. The van der Waals surface area contributed by atoms with Gasteiger partial charge in [0.05, 0.1) is 17.2 Å². The SMILES string of the molecule is CCOc1cc(/C=C2\SC(=O)N(c3ccccc3)C2=O)ccc1OCC(=O)Nc1cccc(Cl)c1. The van der Waals surface area contributed by atoms with E-state index in [-0.39, 0.29) is 23.7 Å². The predicted molar refractivity (Wildman–Crippen MR) is 138 cm³/mol. The maximum absolute atomic E-state index is 12.9. The van der Waals surface area contributed by atoms with Crippen molar-refractivity contribution < 1.29 is 23.9 Å². The van der Waals surface area contributed by atoms with Crippen molar-refractivity contribution in [2.75, 3.05) is 23.4 Å². The molecule has 1 aliphatic rings. The molecule has 0 atom stereocenters. The first kappa shape index (κ1) is 24.4. The first-order chi connectivity index (χ1) is 16.9. The van der Waals surface area contributed by atoms with Gasteiger partial charge in [-0.05, 0) is 72.8 Å². The van der Waals surface area contributed by atoms with Crippen LogP contribution in [-0.4, -0.2) is 30.3 Å². The number of carbonyl (C=O) groups excluding carboxylic acids is 3. The lowest BCUT2D eigenvalue weighted by molar-refractivity contribution is -0.118. The number of anilines is 2. The molecule has 3 amide bonds. The molecule has 0 aromatic heterocycles. The second-order valence-corrected chi connectivity index (χ2v) is 8.77. The molecule has 1 N–H and O–H groups in total. The van der Waals surface area contributed by atoms with Gasteiger partial charge in [0.25, 0.3) is 17.1 Å². The average Bonchev–Trinajstić information content (AvgIpc) is 3.12. The monoisotopic (exact) mass is 508 g/mol. The number of para-hydroxylation sites is 1.